The van der Waals surface area contributed by atoms with Crippen LogP contribution in [0.3, 0.4) is 0 Å². The van der Waals surface area contributed by atoms with Crippen molar-refractivity contribution in [3.63, 3.8) is 0 Å². The summed E-state index contributed by atoms with van der Waals surface area (Å²) in [5, 5.41) is 5.63. The highest BCUT2D eigenvalue weighted by atomic mass is 32.1. The predicted molar refractivity (Wildman–Crippen MR) is 223 cm³/mol. The number of rotatable bonds is 5. The minimum atomic E-state index is 0.879. The van der Waals surface area contributed by atoms with Crippen molar-refractivity contribution < 1.29 is 4.42 Å². The molecule has 8 aromatic carbocycles. The fourth-order valence-electron chi connectivity index (χ4n) is 7.91. The summed E-state index contributed by atoms with van der Waals surface area (Å²) in [5.74, 6) is 0. The first-order valence-corrected chi connectivity index (χ1v) is 18.7. The third-order valence-electron chi connectivity index (χ3n) is 10.4. The van der Waals surface area contributed by atoms with E-state index in [0.717, 1.165) is 59.5 Å². The molecule has 53 heavy (non-hydrogen) atoms. The molecule has 0 atom stereocenters. The van der Waals surface area contributed by atoms with Gasteiger partial charge < -0.3 is 8.98 Å². The van der Waals surface area contributed by atoms with Gasteiger partial charge in [-0.25, -0.2) is 4.98 Å². The lowest BCUT2D eigenvalue weighted by Gasteiger charge is -2.09. The van der Waals surface area contributed by atoms with Crippen LogP contribution in [0.2, 0.25) is 0 Å². The predicted octanol–water partition coefficient (Wildman–Crippen LogP) is 14.0. The van der Waals surface area contributed by atoms with Crippen LogP contribution in [-0.4, -0.2) is 9.55 Å². The van der Waals surface area contributed by atoms with Crippen LogP contribution < -0.4 is 0 Å². The van der Waals surface area contributed by atoms with Crippen LogP contribution in [-0.2, 0) is 0 Å². The van der Waals surface area contributed by atoms with E-state index in [9.17, 15) is 0 Å². The third-order valence-corrected chi connectivity index (χ3v) is 11.5. The Hall–Kier alpha value is -6.75. The maximum absolute atomic E-state index is 6.52. The summed E-state index contributed by atoms with van der Waals surface area (Å²) in [7, 11) is 0. The summed E-state index contributed by atoms with van der Waals surface area (Å²) < 4.78 is 10.1. The van der Waals surface area contributed by atoms with E-state index in [-0.39, 0.29) is 0 Å². The van der Waals surface area contributed by atoms with Gasteiger partial charge in [0, 0.05) is 33.0 Å². The minimum Gasteiger partial charge on any atom is -0.455 e. The second-order valence-electron chi connectivity index (χ2n) is 13.5. The number of benzene rings is 8. The molecule has 3 nitrogen and oxygen atoms in total. The molecule has 0 fully saturated rings. The van der Waals surface area contributed by atoms with E-state index in [0.29, 0.717) is 0 Å². The first kappa shape index (κ1) is 29.9. The molecule has 3 aromatic heterocycles. The number of hydrogen-bond acceptors (Lipinski definition) is 3. The first-order chi connectivity index (χ1) is 26.3. The quantitative estimate of drug-likeness (QED) is 0.180. The zero-order chi connectivity index (χ0) is 34.9. The molecule has 0 amide bonds. The normalized spacial score (nSPS) is 11.8. The molecule has 0 spiro atoms. The van der Waals surface area contributed by atoms with Crippen LogP contribution in [0.1, 0.15) is 0 Å². The van der Waals surface area contributed by atoms with Gasteiger partial charge in [-0.3, -0.25) is 0 Å². The summed E-state index contributed by atoms with van der Waals surface area (Å²) in [4.78, 5) is 5.29. The number of thiazole rings is 1. The van der Waals surface area contributed by atoms with Crippen LogP contribution in [0.4, 0.5) is 0 Å². The van der Waals surface area contributed by atoms with Crippen molar-refractivity contribution in [3.05, 3.63) is 182 Å². The monoisotopic (exact) mass is 694 g/mol. The zero-order valence-electron chi connectivity index (χ0n) is 28.5. The number of fused-ring (bicyclic) bond motifs is 8. The number of hydrogen-bond donors (Lipinski definition) is 0. The van der Waals surface area contributed by atoms with Crippen molar-refractivity contribution in [2.24, 2.45) is 0 Å². The van der Waals surface area contributed by atoms with E-state index in [4.69, 9.17) is 9.40 Å². The maximum Gasteiger partial charge on any atom is 0.145 e. The maximum atomic E-state index is 6.52. The lowest BCUT2D eigenvalue weighted by atomic mass is 10.0. The van der Waals surface area contributed by atoms with Crippen LogP contribution >= 0.6 is 11.3 Å². The molecule has 0 bridgehead atoms. The number of aromatic nitrogens is 2. The molecule has 0 unspecified atom stereocenters. The second kappa shape index (κ2) is 11.9. The Balaban J connectivity index is 1.06. The molecule has 0 aliphatic heterocycles. The van der Waals surface area contributed by atoms with Gasteiger partial charge in [0.2, 0.25) is 0 Å². The number of nitrogens with zero attached hydrogens (tertiary/aromatic N) is 2. The Bertz CT molecular complexity index is 3040. The zero-order valence-corrected chi connectivity index (χ0v) is 29.3. The largest absolute Gasteiger partial charge is 0.455 e. The molecule has 11 rings (SSSR count). The molecular formula is C49H30N2OS. The Morgan fingerprint density at radius 2 is 1.00 bits per heavy atom. The van der Waals surface area contributed by atoms with Crippen LogP contribution in [0.15, 0.2) is 186 Å². The molecule has 3 heterocycles. The van der Waals surface area contributed by atoms with Gasteiger partial charge in [0.25, 0.3) is 0 Å². The summed E-state index contributed by atoms with van der Waals surface area (Å²) in [5.41, 5.74) is 14.4. The van der Waals surface area contributed by atoms with Crippen LogP contribution in [0, 0.1) is 0 Å². The average Bonchev–Trinajstić information content (AvgIpc) is 3.93. The Morgan fingerprint density at radius 3 is 1.62 bits per heavy atom. The molecular weight excluding hydrogens is 665 g/mol. The Kier molecular flexibility index (Phi) is 6.73. The van der Waals surface area contributed by atoms with E-state index in [1.165, 1.54) is 44.1 Å². The van der Waals surface area contributed by atoms with E-state index in [1.54, 1.807) is 11.3 Å². The molecule has 11 aromatic rings. The van der Waals surface area contributed by atoms with Gasteiger partial charge >= 0.3 is 0 Å². The summed E-state index contributed by atoms with van der Waals surface area (Å²) in [6, 6.07) is 64.9. The van der Waals surface area contributed by atoms with Gasteiger partial charge in [-0.1, -0.05) is 121 Å². The van der Waals surface area contributed by atoms with E-state index in [1.807, 2.05) is 12.1 Å². The van der Waals surface area contributed by atoms with Gasteiger partial charge in [0.05, 0.1) is 26.6 Å². The topological polar surface area (TPSA) is 31.0 Å². The molecule has 0 N–H and O–H groups in total. The SMILES string of the molecule is c1ccc(-c2ccc3c(c2)c2cc(-c4ccccc4)ccc2n3-c2ccc(-c3nc4c(cc(-c5ccccc5)c5oc6ccccc6c54)s3)cc2)cc1. The summed E-state index contributed by atoms with van der Waals surface area (Å²) in [6.45, 7) is 0. The molecule has 0 radical (unpaired) electrons. The van der Waals surface area contributed by atoms with Gasteiger partial charge in [-0.05, 0) is 88.5 Å². The fourth-order valence-corrected chi connectivity index (χ4v) is 8.93. The number of furan rings is 1. The highest BCUT2D eigenvalue weighted by Gasteiger charge is 2.20. The van der Waals surface area contributed by atoms with E-state index in [2.05, 4.69) is 174 Å². The second-order valence-corrected chi connectivity index (χ2v) is 14.6. The minimum absolute atomic E-state index is 0.879. The van der Waals surface area contributed by atoms with Crippen LogP contribution in [0.25, 0.3) is 104 Å². The third kappa shape index (κ3) is 4.84. The first-order valence-electron chi connectivity index (χ1n) is 17.9. The van der Waals surface area contributed by atoms with E-state index >= 15 is 0 Å². The molecule has 0 aliphatic carbocycles. The van der Waals surface area contributed by atoms with Gasteiger partial charge in [0.1, 0.15) is 16.2 Å². The van der Waals surface area contributed by atoms with Crippen molar-refractivity contribution >= 4 is 65.3 Å². The summed E-state index contributed by atoms with van der Waals surface area (Å²) in [6.07, 6.45) is 0. The Labute approximate surface area is 309 Å². The van der Waals surface area contributed by atoms with Crippen molar-refractivity contribution in [2.75, 3.05) is 0 Å². The highest BCUT2D eigenvalue weighted by Crippen LogP contribution is 2.44. The fraction of sp³-hybridized carbons (Fsp3) is 0. The molecule has 0 aliphatic rings. The lowest BCUT2D eigenvalue weighted by Crippen LogP contribution is -1.94. The standard InChI is InChI=1S/C49H30N2OS/c1-4-12-31(13-5-1)35-22-26-42-40(28-35)41-29-36(32-14-6-2-7-15-32)23-27-43(41)51(42)37-24-20-34(21-25-37)49-50-47-45(53-49)30-39(33-16-8-3-9-17-33)48-46(47)38-18-10-11-19-44(38)52-48/h1-30H. The smallest absolute Gasteiger partial charge is 0.145 e. The molecule has 4 heteroatoms. The molecule has 248 valence electrons. The lowest BCUT2D eigenvalue weighted by molar-refractivity contribution is 0.670. The molecule has 0 saturated heterocycles. The van der Waals surface area contributed by atoms with Crippen molar-refractivity contribution in [3.8, 4) is 49.6 Å². The Morgan fingerprint density at radius 1 is 0.453 bits per heavy atom. The van der Waals surface area contributed by atoms with Crippen molar-refractivity contribution in [1.29, 1.82) is 0 Å². The van der Waals surface area contributed by atoms with Crippen LogP contribution in [0.5, 0.6) is 0 Å². The average molecular weight is 695 g/mol. The van der Waals surface area contributed by atoms with Gasteiger partial charge in [-0.2, -0.15) is 0 Å². The summed E-state index contributed by atoms with van der Waals surface area (Å²) >= 11 is 1.73. The highest BCUT2D eigenvalue weighted by molar-refractivity contribution is 7.21. The van der Waals surface area contributed by atoms with Crippen molar-refractivity contribution in [1.82, 2.24) is 9.55 Å². The molecule has 0 saturated carbocycles. The van der Waals surface area contributed by atoms with Crippen molar-refractivity contribution in [2.45, 2.75) is 0 Å². The van der Waals surface area contributed by atoms with Gasteiger partial charge in [0.15, 0.2) is 0 Å². The van der Waals surface area contributed by atoms with Gasteiger partial charge in [-0.15, -0.1) is 11.3 Å². The van der Waals surface area contributed by atoms with E-state index < -0.39 is 0 Å². The number of para-hydroxylation sites is 1.